The number of hydrogen-bond acceptors (Lipinski definition) is 2. The van der Waals surface area contributed by atoms with Crippen LogP contribution in [0.2, 0.25) is 0 Å². The van der Waals surface area contributed by atoms with Crippen molar-refractivity contribution in [3.05, 3.63) is 0 Å². The molecule has 250 valence electrons. The maximum absolute atomic E-state index is 13.8. The number of nitrogens with zero attached hydrogens (tertiary/aromatic N) is 2. The minimum Gasteiger partial charge on any atom is -0.342 e. The monoisotopic (exact) mass is 593 g/mol. The molecule has 0 aromatic rings. The minimum atomic E-state index is -0.0688. The third-order valence-corrected chi connectivity index (χ3v) is 10.2. The van der Waals surface area contributed by atoms with Crippen LogP contribution < -0.4 is 0 Å². The molecule has 4 nitrogen and oxygen atoms in total. The van der Waals surface area contributed by atoms with Crippen molar-refractivity contribution in [2.45, 2.75) is 196 Å². The molecule has 0 aliphatic rings. The van der Waals surface area contributed by atoms with Gasteiger partial charge in [0.1, 0.15) is 0 Å². The van der Waals surface area contributed by atoms with Gasteiger partial charge in [0.05, 0.1) is 0 Å². The van der Waals surface area contributed by atoms with Crippen molar-refractivity contribution in [2.24, 2.45) is 17.8 Å². The Hall–Kier alpha value is -1.06. The SMILES string of the molecule is CCCCC(CC)CN(CC(CC)CCCC)C(=O)CCCCC(=O)N(CC(CC)CCCC)C(C)(CC)CCCC. The highest BCUT2D eigenvalue weighted by atomic mass is 16.2. The van der Waals surface area contributed by atoms with Gasteiger partial charge in [0.25, 0.3) is 0 Å². The minimum absolute atomic E-state index is 0.0688. The molecule has 0 aliphatic carbocycles. The molecule has 0 bridgehead atoms. The Labute approximate surface area is 264 Å². The standard InChI is InChI=1S/C38H76N2O2/c1-10-18-24-33(14-5)30-39(31-34(15-6)25-19-11-2)36(41)27-22-23-28-37(42)40(32-35(16-7)26-20-12-3)38(9,17-8)29-21-13-4/h33-35H,10-32H2,1-9H3. The average molecular weight is 593 g/mol. The first kappa shape index (κ1) is 40.9. The van der Waals surface area contributed by atoms with Crippen LogP contribution in [0.1, 0.15) is 191 Å². The first-order chi connectivity index (χ1) is 20.2. The maximum Gasteiger partial charge on any atom is 0.223 e. The van der Waals surface area contributed by atoms with Gasteiger partial charge in [-0.2, -0.15) is 0 Å². The van der Waals surface area contributed by atoms with Gasteiger partial charge in [0.2, 0.25) is 11.8 Å². The Bertz CT molecular complexity index is 647. The smallest absolute Gasteiger partial charge is 0.223 e. The molecular weight excluding hydrogens is 516 g/mol. The second-order valence-electron chi connectivity index (χ2n) is 13.7. The number of carbonyl (C=O) groups excluding carboxylic acids is 2. The van der Waals surface area contributed by atoms with Gasteiger partial charge in [-0.15, -0.1) is 0 Å². The van der Waals surface area contributed by atoms with Crippen LogP contribution in [0.15, 0.2) is 0 Å². The van der Waals surface area contributed by atoms with E-state index in [0.29, 0.717) is 42.4 Å². The fourth-order valence-corrected chi connectivity index (χ4v) is 6.44. The largest absolute Gasteiger partial charge is 0.342 e. The van der Waals surface area contributed by atoms with Crippen molar-refractivity contribution >= 4 is 11.8 Å². The van der Waals surface area contributed by atoms with Gasteiger partial charge >= 0.3 is 0 Å². The van der Waals surface area contributed by atoms with Crippen LogP contribution in [0.3, 0.4) is 0 Å². The molecule has 0 aromatic heterocycles. The molecule has 4 unspecified atom stereocenters. The van der Waals surface area contributed by atoms with E-state index in [2.05, 4.69) is 72.1 Å². The van der Waals surface area contributed by atoms with Gasteiger partial charge in [0, 0.05) is 38.0 Å². The summed E-state index contributed by atoms with van der Waals surface area (Å²) in [4.78, 5) is 31.9. The third-order valence-electron chi connectivity index (χ3n) is 10.2. The Kier molecular flexibility index (Phi) is 24.6. The summed E-state index contributed by atoms with van der Waals surface area (Å²) >= 11 is 0. The van der Waals surface area contributed by atoms with Gasteiger partial charge in [-0.3, -0.25) is 9.59 Å². The summed E-state index contributed by atoms with van der Waals surface area (Å²) in [6.07, 6.45) is 21.7. The zero-order valence-corrected chi connectivity index (χ0v) is 30.2. The third kappa shape index (κ3) is 16.7. The van der Waals surface area contributed by atoms with Gasteiger partial charge in [-0.1, -0.05) is 126 Å². The number of amides is 2. The lowest BCUT2D eigenvalue weighted by molar-refractivity contribution is -0.139. The molecule has 0 N–H and O–H groups in total. The van der Waals surface area contributed by atoms with Crippen molar-refractivity contribution in [3.63, 3.8) is 0 Å². The number of carbonyl (C=O) groups is 2. The van der Waals surface area contributed by atoms with Gasteiger partial charge < -0.3 is 9.80 Å². The zero-order valence-electron chi connectivity index (χ0n) is 30.2. The number of unbranched alkanes of at least 4 members (excludes halogenated alkanes) is 5. The molecule has 4 heteroatoms. The van der Waals surface area contributed by atoms with E-state index in [-0.39, 0.29) is 5.54 Å². The van der Waals surface area contributed by atoms with Crippen LogP contribution in [0.4, 0.5) is 0 Å². The zero-order chi connectivity index (χ0) is 31.8. The normalized spacial score (nSPS) is 15.2. The predicted molar refractivity (Wildman–Crippen MR) is 185 cm³/mol. The molecule has 0 spiro atoms. The molecule has 0 rings (SSSR count). The lowest BCUT2D eigenvalue weighted by Crippen LogP contribution is -2.51. The molecule has 4 atom stereocenters. The summed E-state index contributed by atoms with van der Waals surface area (Å²) in [6, 6.07) is 0. The summed E-state index contributed by atoms with van der Waals surface area (Å²) in [7, 11) is 0. The van der Waals surface area contributed by atoms with Gasteiger partial charge in [0.15, 0.2) is 0 Å². The first-order valence-electron chi connectivity index (χ1n) is 18.8. The molecule has 2 amide bonds. The Balaban J connectivity index is 5.43. The average Bonchev–Trinajstić information content (AvgIpc) is 3.00. The van der Waals surface area contributed by atoms with Crippen LogP contribution in [-0.2, 0) is 9.59 Å². The van der Waals surface area contributed by atoms with E-state index in [1.54, 1.807) is 0 Å². The van der Waals surface area contributed by atoms with Crippen molar-refractivity contribution in [1.82, 2.24) is 9.80 Å². The van der Waals surface area contributed by atoms with Crippen LogP contribution in [0.5, 0.6) is 0 Å². The van der Waals surface area contributed by atoms with E-state index >= 15 is 0 Å². The van der Waals surface area contributed by atoms with Gasteiger partial charge in [-0.05, 0) is 69.6 Å². The number of rotatable bonds is 28. The van der Waals surface area contributed by atoms with E-state index in [9.17, 15) is 9.59 Å². The molecule has 0 saturated heterocycles. The molecule has 0 saturated carbocycles. The predicted octanol–water partition coefficient (Wildman–Crippen LogP) is 11.2. The van der Waals surface area contributed by atoms with Crippen LogP contribution >= 0.6 is 0 Å². The highest BCUT2D eigenvalue weighted by Crippen LogP contribution is 2.30. The van der Waals surface area contributed by atoms with Crippen molar-refractivity contribution in [3.8, 4) is 0 Å². The van der Waals surface area contributed by atoms with E-state index < -0.39 is 0 Å². The summed E-state index contributed by atoms with van der Waals surface area (Å²) < 4.78 is 0. The van der Waals surface area contributed by atoms with Crippen LogP contribution in [0, 0.1) is 17.8 Å². The lowest BCUT2D eigenvalue weighted by Gasteiger charge is -2.43. The van der Waals surface area contributed by atoms with Crippen molar-refractivity contribution in [1.29, 1.82) is 0 Å². The van der Waals surface area contributed by atoms with Gasteiger partial charge in [-0.25, -0.2) is 0 Å². The van der Waals surface area contributed by atoms with E-state index in [1.165, 1.54) is 57.8 Å². The van der Waals surface area contributed by atoms with E-state index in [1.807, 2.05) is 0 Å². The van der Waals surface area contributed by atoms with E-state index in [0.717, 1.165) is 77.4 Å². The quantitative estimate of drug-likeness (QED) is 0.0848. The highest BCUT2D eigenvalue weighted by Gasteiger charge is 2.34. The molecule has 42 heavy (non-hydrogen) atoms. The molecule has 0 radical (unpaired) electrons. The van der Waals surface area contributed by atoms with Crippen LogP contribution in [0.25, 0.3) is 0 Å². The van der Waals surface area contributed by atoms with Crippen molar-refractivity contribution < 1.29 is 9.59 Å². The molecule has 0 fully saturated rings. The Morgan fingerprint density at radius 3 is 1.33 bits per heavy atom. The summed E-state index contributed by atoms with van der Waals surface area (Å²) in [5.41, 5.74) is -0.0688. The topological polar surface area (TPSA) is 40.6 Å². The molecule has 0 aliphatic heterocycles. The summed E-state index contributed by atoms with van der Waals surface area (Å²) in [6.45, 7) is 23.2. The molecule has 0 heterocycles. The summed E-state index contributed by atoms with van der Waals surface area (Å²) in [5.74, 6) is 2.40. The molecular formula is C38H76N2O2. The van der Waals surface area contributed by atoms with Crippen molar-refractivity contribution in [2.75, 3.05) is 19.6 Å². The highest BCUT2D eigenvalue weighted by molar-refractivity contribution is 5.78. The summed E-state index contributed by atoms with van der Waals surface area (Å²) in [5, 5.41) is 0. The fraction of sp³-hybridized carbons (Fsp3) is 0.947. The fourth-order valence-electron chi connectivity index (χ4n) is 6.44. The Morgan fingerprint density at radius 2 is 0.952 bits per heavy atom. The maximum atomic E-state index is 13.8. The molecule has 0 aromatic carbocycles. The number of hydrogen-bond donors (Lipinski definition) is 0. The second-order valence-corrected chi connectivity index (χ2v) is 13.7. The first-order valence-corrected chi connectivity index (χ1v) is 18.8. The Morgan fingerprint density at radius 1 is 0.548 bits per heavy atom. The second kappa shape index (κ2) is 25.3. The van der Waals surface area contributed by atoms with Crippen LogP contribution in [-0.4, -0.2) is 46.8 Å². The van der Waals surface area contributed by atoms with E-state index in [4.69, 9.17) is 0 Å². The lowest BCUT2D eigenvalue weighted by atomic mass is 9.87.